The number of carbonyl (C=O) groups excluding carboxylic acids is 1. The zero-order valence-corrected chi connectivity index (χ0v) is 17.3. The van der Waals surface area contributed by atoms with Gasteiger partial charge >= 0.3 is 5.97 Å². The Morgan fingerprint density at radius 2 is 2.08 bits per heavy atom. The third-order valence-corrected chi connectivity index (χ3v) is 5.00. The first-order chi connectivity index (χ1) is 12.6. The number of methoxy groups -OCH3 is 1. The molecule has 0 atom stereocenters. The van der Waals surface area contributed by atoms with E-state index in [4.69, 9.17) is 14.5 Å². The number of likely N-dealkylation sites (tertiary alicyclic amines) is 1. The number of aliphatic imine (C=N–C) groups is 1. The average Bonchev–Trinajstić information content (AvgIpc) is 2.65. The Kier molecular flexibility index (Phi) is 8.22. The number of halogens is 1. The molecule has 0 spiro atoms. The molecule has 26 heavy (non-hydrogen) atoms. The molecule has 1 aromatic carbocycles. The van der Waals surface area contributed by atoms with E-state index >= 15 is 0 Å². The minimum absolute atomic E-state index is 0.00613. The molecule has 0 saturated carbocycles. The molecule has 144 valence electrons. The Bertz CT molecular complexity index is 628. The van der Waals surface area contributed by atoms with Crippen molar-refractivity contribution in [3.05, 3.63) is 28.2 Å². The molecule has 1 aliphatic rings. The highest BCUT2D eigenvalue weighted by atomic mass is 79.9. The molecule has 1 aliphatic heterocycles. The SMILES string of the molecule is CCNC(=NCc1ccc(OC)c(Br)c1)N1CCC(C(=O)OCC)CC1. The molecule has 1 heterocycles. The molecule has 0 bridgehead atoms. The predicted molar refractivity (Wildman–Crippen MR) is 106 cm³/mol. The van der Waals surface area contributed by atoms with Crippen LogP contribution < -0.4 is 10.1 Å². The van der Waals surface area contributed by atoms with Crippen molar-refractivity contribution in [3.63, 3.8) is 0 Å². The number of nitrogens with one attached hydrogen (secondary N) is 1. The van der Waals surface area contributed by atoms with Crippen LogP contribution in [0.3, 0.4) is 0 Å². The number of rotatable bonds is 6. The topological polar surface area (TPSA) is 63.2 Å². The fourth-order valence-electron chi connectivity index (χ4n) is 2.99. The van der Waals surface area contributed by atoms with E-state index in [0.29, 0.717) is 13.2 Å². The van der Waals surface area contributed by atoms with Crippen LogP contribution >= 0.6 is 15.9 Å². The Labute approximate surface area is 164 Å². The molecule has 0 unspecified atom stereocenters. The van der Waals surface area contributed by atoms with Crippen LogP contribution in [0.5, 0.6) is 5.75 Å². The van der Waals surface area contributed by atoms with E-state index in [1.165, 1.54) is 0 Å². The predicted octanol–water partition coefficient (Wildman–Crippen LogP) is 3.20. The summed E-state index contributed by atoms with van der Waals surface area (Å²) in [6, 6.07) is 5.98. The lowest BCUT2D eigenvalue weighted by atomic mass is 9.97. The fraction of sp³-hybridized carbons (Fsp3) is 0.579. The molecular formula is C19H28BrN3O3. The van der Waals surface area contributed by atoms with Crippen LogP contribution in [0, 0.1) is 5.92 Å². The van der Waals surface area contributed by atoms with Crippen molar-refractivity contribution in [1.82, 2.24) is 10.2 Å². The van der Waals surface area contributed by atoms with Gasteiger partial charge in [0.25, 0.3) is 0 Å². The smallest absolute Gasteiger partial charge is 0.309 e. The molecule has 1 saturated heterocycles. The maximum atomic E-state index is 11.9. The highest BCUT2D eigenvalue weighted by Crippen LogP contribution is 2.26. The summed E-state index contributed by atoms with van der Waals surface area (Å²) in [5.74, 6) is 1.64. The number of guanidine groups is 1. The number of piperidine rings is 1. The Morgan fingerprint density at radius 1 is 1.35 bits per heavy atom. The second-order valence-corrected chi connectivity index (χ2v) is 7.01. The molecular weight excluding hydrogens is 398 g/mol. The lowest BCUT2D eigenvalue weighted by molar-refractivity contribution is -0.149. The highest BCUT2D eigenvalue weighted by molar-refractivity contribution is 9.10. The van der Waals surface area contributed by atoms with Crippen molar-refractivity contribution >= 4 is 27.9 Å². The number of hydrogen-bond donors (Lipinski definition) is 1. The first-order valence-corrected chi connectivity index (χ1v) is 9.90. The third kappa shape index (κ3) is 5.62. The molecule has 7 heteroatoms. The maximum Gasteiger partial charge on any atom is 0.309 e. The average molecular weight is 426 g/mol. The summed E-state index contributed by atoms with van der Waals surface area (Å²) < 4.78 is 11.3. The number of nitrogens with zero attached hydrogens (tertiary/aromatic N) is 2. The quantitative estimate of drug-likeness (QED) is 0.430. The van der Waals surface area contributed by atoms with Gasteiger partial charge in [0.05, 0.1) is 30.7 Å². The molecule has 1 fully saturated rings. The summed E-state index contributed by atoms with van der Waals surface area (Å²) in [5, 5.41) is 3.35. The van der Waals surface area contributed by atoms with Gasteiger partial charge in [-0.2, -0.15) is 0 Å². The fourth-order valence-corrected chi connectivity index (χ4v) is 3.58. The molecule has 1 N–H and O–H groups in total. The van der Waals surface area contributed by atoms with Crippen molar-refractivity contribution in [2.24, 2.45) is 10.9 Å². The van der Waals surface area contributed by atoms with E-state index in [1.54, 1.807) is 7.11 Å². The number of esters is 1. The number of ether oxygens (including phenoxy) is 2. The largest absolute Gasteiger partial charge is 0.496 e. The minimum atomic E-state index is -0.0721. The lowest BCUT2D eigenvalue weighted by Gasteiger charge is -2.33. The molecule has 0 aromatic heterocycles. The lowest BCUT2D eigenvalue weighted by Crippen LogP contribution is -2.46. The van der Waals surface area contributed by atoms with Crippen molar-refractivity contribution in [2.75, 3.05) is 33.4 Å². The zero-order valence-electron chi connectivity index (χ0n) is 15.8. The van der Waals surface area contributed by atoms with Gasteiger partial charge in [0.2, 0.25) is 0 Å². The van der Waals surface area contributed by atoms with E-state index in [-0.39, 0.29) is 11.9 Å². The Hall–Kier alpha value is -1.76. The van der Waals surface area contributed by atoms with Gasteiger partial charge in [0, 0.05) is 19.6 Å². The first-order valence-electron chi connectivity index (χ1n) is 9.11. The molecule has 2 rings (SSSR count). The van der Waals surface area contributed by atoms with Gasteiger partial charge in [-0.1, -0.05) is 6.07 Å². The van der Waals surface area contributed by atoms with Crippen LogP contribution in [0.1, 0.15) is 32.3 Å². The van der Waals surface area contributed by atoms with E-state index in [1.807, 2.05) is 25.1 Å². The summed E-state index contributed by atoms with van der Waals surface area (Å²) in [5.41, 5.74) is 1.11. The first kappa shape index (κ1) is 20.6. The van der Waals surface area contributed by atoms with Gasteiger partial charge in [0.15, 0.2) is 5.96 Å². The minimum Gasteiger partial charge on any atom is -0.496 e. The van der Waals surface area contributed by atoms with E-state index in [2.05, 4.69) is 33.1 Å². The third-order valence-electron chi connectivity index (χ3n) is 4.38. The number of carbonyl (C=O) groups is 1. The van der Waals surface area contributed by atoms with Gasteiger partial charge in [-0.25, -0.2) is 4.99 Å². The monoisotopic (exact) mass is 425 g/mol. The second-order valence-electron chi connectivity index (χ2n) is 6.15. The van der Waals surface area contributed by atoms with Gasteiger partial charge < -0.3 is 19.7 Å². The van der Waals surface area contributed by atoms with Crippen LogP contribution in [-0.2, 0) is 16.1 Å². The summed E-state index contributed by atoms with van der Waals surface area (Å²) >= 11 is 3.51. The van der Waals surface area contributed by atoms with Crippen LogP contribution in [0.25, 0.3) is 0 Å². The molecule has 0 amide bonds. The zero-order chi connectivity index (χ0) is 18.9. The summed E-state index contributed by atoms with van der Waals surface area (Å²) in [6.45, 7) is 7.36. The maximum absolute atomic E-state index is 11.9. The van der Waals surface area contributed by atoms with E-state index in [0.717, 1.165) is 54.2 Å². The molecule has 0 aliphatic carbocycles. The van der Waals surface area contributed by atoms with E-state index in [9.17, 15) is 4.79 Å². The normalized spacial score (nSPS) is 15.7. The van der Waals surface area contributed by atoms with Crippen molar-refractivity contribution in [1.29, 1.82) is 0 Å². The van der Waals surface area contributed by atoms with Crippen LogP contribution in [0.2, 0.25) is 0 Å². The molecule has 1 aromatic rings. The summed E-state index contributed by atoms with van der Waals surface area (Å²) in [7, 11) is 1.65. The van der Waals surface area contributed by atoms with Gasteiger partial charge in [-0.15, -0.1) is 0 Å². The van der Waals surface area contributed by atoms with Crippen LogP contribution in [0.15, 0.2) is 27.7 Å². The van der Waals surface area contributed by atoms with Crippen LogP contribution in [-0.4, -0.2) is 50.2 Å². The number of hydrogen-bond acceptors (Lipinski definition) is 4. The Balaban J connectivity index is 1.99. The van der Waals surface area contributed by atoms with Crippen molar-refractivity contribution in [3.8, 4) is 5.75 Å². The highest BCUT2D eigenvalue weighted by Gasteiger charge is 2.27. The van der Waals surface area contributed by atoms with Gasteiger partial charge in [0.1, 0.15) is 5.75 Å². The number of benzene rings is 1. The van der Waals surface area contributed by atoms with Crippen molar-refractivity contribution < 1.29 is 14.3 Å². The summed E-state index contributed by atoms with van der Waals surface area (Å²) in [6.07, 6.45) is 1.61. The summed E-state index contributed by atoms with van der Waals surface area (Å²) in [4.78, 5) is 18.9. The molecule has 0 radical (unpaired) electrons. The van der Waals surface area contributed by atoms with Gasteiger partial charge in [-0.3, -0.25) is 4.79 Å². The van der Waals surface area contributed by atoms with Crippen LogP contribution in [0.4, 0.5) is 0 Å². The molecule has 6 nitrogen and oxygen atoms in total. The van der Waals surface area contributed by atoms with Crippen molar-refractivity contribution in [2.45, 2.75) is 33.2 Å². The standard InChI is InChI=1S/C19H28BrN3O3/c1-4-21-19(22-13-14-6-7-17(25-3)16(20)12-14)23-10-8-15(9-11-23)18(24)26-5-2/h6-7,12,15H,4-5,8-11,13H2,1-3H3,(H,21,22). The van der Waals surface area contributed by atoms with Gasteiger partial charge in [-0.05, 0) is 60.3 Å². The van der Waals surface area contributed by atoms with E-state index < -0.39 is 0 Å². The Morgan fingerprint density at radius 3 is 2.65 bits per heavy atom. The second kappa shape index (κ2) is 10.4.